The Bertz CT molecular complexity index is 630. The topological polar surface area (TPSA) is 58.6 Å². The first-order valence-electron chi connectivity index (χ1n) is 6.37. The molecule has 9 heteroatoms. The molecule has 0 saturated carbocycles. The van der Waals surface area contributed by atoms with Crippen LogP contribution >= 0.6 is 0 Å². The molecule has 2 atom stereocenters. The molecule has 0 amide bonds. The summed E-state index contributed by atoms with van der Waals surface area (Å²) in [6.07, 6.45) is -4.02. The Morgan fingerprint density at radius 1 is 1.24 bits per heavy atom. The molecule has 1 aromatic rings. The summed E-state index contributed by atoms with van der Waals surface area (Å²) in [4.78, 5) is -0.0235. The highest BCUT2D eigenvalue weighted by atomic mass is 32.2. The molecule has 2 fully saturated rings. The molecule has 3 rings (SSSR count). The van der Waals surface area contributed by atoms with Gasteiger partial charge < -0.3 is 10.1 Å². The molecular formula is C12H13F3N2O3S. The van der Waals surface area contributed by atoms with E-state index in [0.717, 1.165) is 30.7 Å². The van der Waals surface area contributed by atoms with E-state index in [4.69, 9.17) is 0 Å². The Morgan fingerprint density at radius 2 is 1.90 bits per heavy atom. The van der Waals surface area contributed by atoms with Gasteiger partial charge >= 0.3 is 6.36 Å². The number of sulfonamides is 1. The van der Waals surface area contributed by atoms with E-state index in [2.05, 4.69) is 10.1 Å². The number of ether oxygens (including phenoxy) is 1. The number of fused-ring (bicyclic) bond motifs is 2. The van der Waals surface area contributed by atoms with Crippen LogP contribution in [-0.2, 0) is 10.0 Å². The Labute approximate surface area is 119 Å². The number of alkyl halides is 3. The predicted octanol–water partition coefficient (Wildman–Crippen LogP) is 1.32. The average Bonchev–Trinajstić information content (AvgIpc) is 3.00. The average molecular weight is 322 g/mol. The van der Waals surface area contributed by atoms with Crippen molar-refractivity contribution in [1.82, 2.24) is 9.62 Å². The minimum Gasteiger partial charge on any atom is -0.406 e. The Hall–Kier alpha value is -1.32. The normalized spacial score (nSPS) is 26.2. The van der Waals surface area contributed by atoms with Gasteiger partial charge in [-0.25, -0.2) is 8.42 Å². The van der Waals surface area contributed by atoms with Gasteiger partial charge in [0, 0.05) is 25.2 Å². The summed E-state index contributed by atoms with van der Waals surface area (Å²) in [5, 5.41) is 3.19. The van der Waals surface area contributed by atoms with E-state index in [9.17, 15) is 21.6 Å². The number of hydrogen-bond donors (Lipinski definition) is 1. The molecule has 2 aliphatic rings. The summed E-state index contributed by atoms with van der Waals surface area (Å²) in [6.45, 7) is 1.01. The van der Waals surface area contributed by atoms with Crippen molar-refractivity contribution < 1.29 is 26.3 Å². The molecule has 1 aromatic carbocycles. The van der Waals surface area contributed by atoms with Crippen LogP contribution in [0, 0.1) is 0 Å². The van der Waals surface area contributed by atoms with Crippen molar-refractivity contribution in [3.63, 3.8) is 0 Å². The minimum atomic E-state index is -4.79. The molecule has 2 bridgehead atoms. The van der Waals surface area contributed by atoms with Crippen LogP contribution in [-0.4, -0.2) is 44.3 Å². The number of halogens is 3. The third-order valence-electron chi connectivity index (χ3n) is 3.67. The number of piperazine rings is 1. The second-order valence-corrected chi connectivity index (χ2v) is 6.98. The largest absolute Gasteiger partial charge is 0.573 e. The summed E-state index contributed by atoms with van der Waals surface area (Å²) < 4.78 is 66.3. The van der Waals surface area contributed by atoms with E-state index in [0.29, 0.717) is 13.1 Å². The van der Waals surface area contributed by atoms with Crippen molar-refractivity contribution in [2.45, 2.75) is 29.8 Å². The first kappa shape index (κ1) is 14.6. The second-order valence-electron chi connectivity index (χ2n) is 5.09. The zero-order chi connectivity index (χ0) is 15.3. The lowest BCUT2D eigenvalue weighted by molar-refractivity contribution is -0.274. The van der Waals surface area contributed by atoms with Gasteiger partial charge in [0.05, 0.1) is 4.90 Å². The van der Waals surface area contributed by atoms with Gasteiger partial charge in [-0.15, -0.1) is 13.2 Å². The maximum Gasteiger partial charge on any atom is 0.573 e. The van der Waals surface area contributed by atoms with Gasteiger partial charge in [0.25, 0.3) is 0 Å². The van der Waals surface area contributed by atoms with E-state index in [1.54, 1.807) is 0 Å². The van der Waals surface area contributed by atoms with Gasteiger partial charge in [-0.05, 0) is 30.7 Å². The zero-order valence-corrected chi connectivity index (χ0v) is 11.6. The lowest BCUT2D eigenvalue weighted by atomic mass is 10.2. The quantitative estimate of drug-likeness (QED) is 0.912. The lowest BCUT2D eigenvalue weighted by Crippen LogP contribution is -2.46. The van der Waals surface area contributed by atoms with Gasteiger partial charge in [0.15, 0.2) is 0 Å². The Kier molecular flexibility index (Phi) is 3.38. The highest BCUT2D eigenvalue weighted by Gasteiger charge is 2.44. The van der Waals surface area contributed by atoms with Crippen LogP contribution in [0.4, 0.5) is 13.2 Å². The monoisotopic (exact) mass is 322 g/mol. The molecule has 2 aliphatic heterocycles. The van der Waals surface area contributed by atoms with E-state index >= 15 is 0 Å². The van der Waals surface area contributed by atoms with Gasteiger partial charge in [-0.3, -0.25) is 0 Å². The predicted molar refractivity (Wildman–Crippen MR) is 67.2 cm³/mol. The molecule has 2 heterocycles. The maximum absolute atomic E-state index is 12.5. The van der Waals surface area contributed by atoms with Crippen molar-refractivity contribution >= 4 is 10.0 Å². The lowest BCUT2D eigenvalue weighted by Gasteiger charge is -2.26. The second kappa shape index (κ2) is 4.85. The summed E-state index contributed by atoms with van der Waals surface area (Å²) >= 11 is 0. The Morgan fingerprint density at radius 3 is 2.38 bits per heavy atom. The molecular weight excluding hydrogens is 309 g/mol. The van der Waals surface area contributed by atoms with Crippen molar-refractivity contribution in [2.75, 3.05) is 13.1 Å². The van der Waals surface area contributed by atoms with E-state index in [1.807, 2.05) is 0 Å². The van der Waals surface area contributed by atoms with Crippen LogP contribution in [0.15, 0.2) is 29.2 Å². The molecule has 1 N–H and O–H groups in total. The third kappa shape index (κ3) is 2.85. The summed E-state index contributed by atoms with van der Waals surface area (Å²) in [5.74, 6) is -0.439. The van der Waals surface area contributed by atoms with E-state index in [-0.39, 0.29) is 17.0 Å². The molecule has 2 unspecified atom stereocenters. The van der Waals surface area contributed by atoms with Gasteiger partial charge in [-0.1, -0.05) is 0 Å². The Balaban J connectivity index is 1.80. The molecule has 0 aromatic heterocycles. The van der Waals surface area contributed by atoms with Crippen LogP contribution in [0.3, 0.4) is 0 Å². The molecule has 5 nitrogen and oxygen atoms in total. The molecule has 2 saturated heterocycles. The highest BCUT2D eigenvalue weighted by molar-refractivity contribution is 7.89. The van der Waals surface area contributed by atoms with Gasteiger partial charge in [0.2, 0.25) is 10.0 Å². The SMILES string of the molecule is O=S(=O)(c1ccc(OC(F)(F)F)cc1)N1CC2CC1CN2. The number of hydrogen-bond acceptors (Lipinski definition) is 4. The van der Waals surface area contributed by atoms with Gasteiger partial charge in [-0.2, -0.15) is 4.31 Å². The fraction of sp³-hybridized carbons (Fsp3) is 0.500. The van der Waals surface area contributed by atoms with E-state index in [1.165, 1.54) is 4.31 Å². The first-order chi connectivity index (χ1) is 9.75. The number of nitrogens with one attached hydrogen (secondary N) is 1. The van der Waals surface area contributed by atoms with Gasteiger partial charge in [0.1, 0.15) is 5.75 Å². The minimum absolute atomic E-state index is 0.0235. The number of benzene rings is 1. The van der Waals surface area contributed by atoms with Crippen LogP contribution in [0.2, 0.25) is 0 Å². The van der Waals surface area contributed by atoms with Crippen LogP contribution < -0.4 is 10.1 Å². The summed E-state index contributed by atoms with van der Waals surface area (Å²) in [7, 11) is -3.67. The maximum atomic E-state index is 12.5. The number of rotatable bonds is 3. The van der Waals surface area contributed by atoms with Crippen molar-refractivity contribution in [1.29, 1.82) is 0 Å². The fourth-order valence-electron chi connectivity index (χ4n) is 2.77. The van der Waals surface area contributed by atoms with Crippen molar-refractivity contribution in [2.24, 2.45) is 0 Å². The van der Waals surface area contributed by atoms with Crippen LogP contribution in [0.5, 0.6) is 5.75 Å². The van der Waals surface area contributed by atoms with Crippen LogP contribution in [0.25, 0.3) is 0 Å². The highest BCUT2D eigenvalue weighted by Crippen LogP contribution is 2.31. The van der Waals surface area contributed by atoms with Crippen molar-refractivity contribution in [3.05, 3.63) is 24.3 Å². The zero-order valence-electron chi connectivity index (χ0n) is 10.8. The smallest absolute Gasteiger partial charge is 0.406 e. The van der Waals surface area contributed by atoms with E-state index < -0.39 is 22.1 Å². The molecule has 21 heavy (non-hydrogen) atoms. The first-order valence-corrected chi connectivity index (χ1v) is 7.81. The van der Waals surface area contributed by atoms with Crippen molar-refractivity contribution in [3.8, 4) is 5.75 Å². The van der Waals surface area contributed by atoms with Crippen LogP contribution in [0.1, 0.15) is 6.42 Å². The fourth-order valence-corrected chi connectivity index (χ4v) is 4.45. The molecule has 0 aliphatic carbocycles. The summed E-state index contributed by atoms with van der Waals surface area (Å²) in [6, 6.07) is 4.37. The standard InChI is InChI=1S/C12H13F3N2O3S/c13-12(14,15)20-10-1-3-11(4-2-10)21(18,19)17-7-8-5-9(17)6-16-8/h1-4,8-9,16H,5-7H2. The molecule has 0 radical (unpaired) electrons. The molecule has 0 spiro atoms. The summed E-state index contributed by atoms with van der Waals surface area (Å²) in [5.41, 5.74) is 0. The third-order valence-corrected chi connectivity index (χ3v) is 5.60. The molecule has 116 valence electrons. The number of nitrogens with zero attached hydrogens (tertiary/aromatic N) is 1.